The van der Waals surface area contributed by atoms with E-state index in [-0.39, 0.29) is 0 Å². The Balaban J connectivity index is 1.10. The molecule has 0 spiro atoms. The number of hydrogen-bond donors (Lipinski definition) is 0. The van der Waals surface area contributed by atoms with Gasteiger partial charge < -0.3 is 0 Å². The number of thiophene rings is 6. The molecule has 6 aromatic heterocycles. The van der Waals surface area contributed by atoms with Gasteiger partial charge in [-0.25, -0.2) is 0 Å². The molecule has 0 saturated heterocycles. The van der Waals surface area contributed by atoms with Crippen LogP contribution in [0.3, 0.4) is 0 Å². The monoisotopic (exact) mass is 1190 g/mol. The summed E-state index contributed by atoms with van der Waals surface area (Å²) in [5, 5.41) is 0. The molecule has 0 saturated carbocycles. The Morgan fingerprint density at radius 3 is 0.915 bits per heavy atom. The maximum Gasteiger partial charge on any atom is 0.160 e. The summed E-state index contributed by atoms with van der Waals surface area (Å²) < 4.78 is 10.2. The van der Waals surface area contributed by atoms with Gasteiger partial charge in [0.05, 0.1) is 48.8 Å². The smallest absolute Gasteiger partial charge is 0.160 e. The second-order valence-corrected chi connectivity index (χ2v) is 29.8. The zero-order valence-electron chi connectivity index (χ0n) is 48.1. The predicted molar refractivity (Wildman–Crippen MR) is 360 cm³/mol. The lowest BCUT2D eigenvalue weighted by molar-refractivity contribution is 0.111. The van der Waals surface area contributed by atoms with E-state index in [2.05, 4.69) is 149 Å². The van der Waals surface area contributed by atoms with Crippen LogP contribution in [0, 0.1) is 0 Å². The number of carbonyl (C=O) groups excluding carboxylic acids is 2. The molecule has 0 aliphatic heterocycles. The van der Waals surface area contributed by atoms with Gasteiger partial charge in [-0.3, -0.25) is 9.59 Å². The summed E-state index contributed by atoms with van der Waals surface area (Å²) in [6.07, 6.45) is 26.3. The average Bonchev–Trinajstić information content (AvgIpc) is 1.65. The van der Waals surface area contributed by atoms with Gasteiger partial charge in [0.15, 0.2) is 12.6 Å². The molecule has 418 valence electrons. The van der Waals surface area contributed by atoms with Gasteiger partial charge >= 0.3 is 0 Å². The number of aryl methyl sites for hydroxylation is 4. The predicted octanol–water partition coefficient (Wildman–Crippen LogP) is 23.5. The Morgan fingerprint density at radius 2 is 0.634 bits per heavy atom. The maximum absolute atomic E-state index is 12.4. The Bertz CT molecular complexity index is 3690. The van der Waals surface area contributed by atoms with Crippen LogP contribution in [-0.4, -0.2) is 12.6 Å². The van der Waals surface area contributed by atoms with Crippen molar-refractivity contribution < 1.29 is 9.59 Å². The topological polar surface area (TPSA) is 34.1 Å². The number of fused-ring (bicyclic) bond motifs is 14. The van der Waals surface area contributed by atoms with E-state index in [0.717, 1.165) is 48.0 Å². The molecule has 2 aliphatic rings. The number of aldehydes is 2. The molecule has 0 atom stereocenters. The molecule has 0 amide bonds. The van der Waals surface area contributed by atoms with Gasteiger partial charge in [-0.1, -0.05) is 202 Å². The van der Waals surface area contributed by atoms with E-state index in [1.54, 1.807) is 22.7 Å². The third kappa shape index (κ3) is 9.49. The van der Waals surface area contributed by atoms with Crippen LogP contribution >= 0.6 is 68.0 Å². The van der Waals surface area contributed by atoms with E-state index in [1.807, 2.05) is 45.3 Å². The van der Waals surface area contributed by atoms with Crippen molar-refractivity contribution in [2.24, 2.45) is 0 Å². The van der Waals surface area contributed by atoms with Gasteiger partial charge in [0.1, 0.15) is 0 Å². The first-order chi connectivity index (χ1) is 40.4. The second-order valence-electron chi connectivity index (χ2n) is 23.5. The van der Waals surface area contributed by atoms with Gasteiger partial charge in [-0.05, 0) is 142 Å². The lowest BCUT2D eigenvalue weighted by Gasteiger charge is -2.36. The first kappa shape index (κ1) is 55.8. The van der Waals surface area contributed by atoms with Crippen molar-refractivity contribution in [3.63, 3.8) is 0 Å². The lowest BCUT2D eigenvalue weighted by Crippen LogP contribution is -2.30. The molecule has 82 heavy (non-hydrogen) atoms. The molecule has 6 heterocycles. The van der Waals surface area contributed by atoms with E-state index >= 15 is 0 Å². The molecule has 0 bridgehead atoms. The Morgan fingerprint density at radius 1 is 0.329 bits per heavy atom. The van der Waals surface area contributed by atoms with Crippen LogP contribution in [0.4, 0.5) is 0 Å². The molecule has 11 aromatic rings. The van der Waals surface area contributed by atoms with Crippen LogP contribution in [-0.2, 0) is 36.5 Å². The van der Waals surface area contributed by atoms with Gasteiger partial charge in [0.25, 0.3) is 0 Å². The highest BCUT2D eigenvalue weighted by Crippen LogP contribution is 2.69. The summed E-state index contributed by atoms with van der Waals surface area (Å²) in [5.74, 6) is 0. The lowest BCUT2D eigenvalue weighted by atomic mass is 9.65. The van der Waals surface area contributed by atoms with Crippen LogP contribution in [0.1, 0.15) is 217 Å². The fourth-order valence-corrected chi connectivity index (χ4v) is 22.5. The molecule has 13 rings (SSSR count). The highest BCUT2D eigenvalue weighted by atomic mass is 32.1. The van der Waals surface area contributed by atoms with Crippen LogP contribution in [0.15, 0.2) is 121 Å². The first-order valence-electron chi connectivity index (χ1n) is 30.8. The molecule has 2 aliphatic carbocycles. The second kappa shape index (κ2) is 24.0. The number of rotatable bonds is 26. The van der Waals surface area contributed by atoms with Crippen LogP contribution in [0.25, 0.3) is 58.5 Å². The van der Waals surface area contributed by atoms with Crippen molar-refractivity contribution >= 4 is 118 Å². The molecule has 0 radical (unpaired) electrons. The molecule has 0 N–H and O–H groups in total. The Hall–Kier alpha value is -5.32. The molecule has 0 fully saturated rings. The minimum atomic E-state index is -0.626. The van der Waals surface area contributed by atoms with Gasteiger partial charge in [0, 0.05) is 30.3 Å². The van der Waals surface area contributed by atoms with Crippen molar-refractivity contribution in [2.75, 3.05) is 0 Å². The third-order valence-corrected chi connectivity index (χ3v) is 26.0. The minimum absolute atomic E-state index is 0.626. The van der Waals surface area contributed by atoms with Gasteiger partial charge in [-0.2, -0.15) is 0 Å². The number of unbranched alkanes of at least 4 members (excludes halogenated alkanes) is 12. The van der Waals surface area contributed by atoms with Crippen LogP contribution in [0.5, 0.6) is 0 Å². The largest absolute Gasteiger partial charge is 0.297 e. The summed E-state index contributed by atoms with van der Waals surface area (Å²) in [6, 6.07) is 49.1. The quantitative estimate of drug-likeness (QED) is 0.0400. The number of benzene rings is 5. The summed E-state index contributed by atoms with van der Waals surface area (Å²) in [7, 11) is 0. The van der Waals surface area contributed by atoms with E-state index in [0.29, 0.717) is 0 Å². The van der Waals surface area contributed by atoms with E-state index in [9.17, 15) is 9.59 Å². The van der Waals surface area contributed by atoms with Crippen LogP contribution < -0.4 is 0 Å². The summed E-state index contributed by atoms with van der Waals surface area (Å²) in [4.78, 5) is 29.2. The zero-order chi connectivity index (χ0) is 56.0. The normalized spacial score (nSPS) is 13.9. The maximum atomic E-state index is 12.4. The Labute approximate surface area is 509 Å². The van der Waals surface area contributed by atoms with Crippen molar-refractivity contribution in [3.8, 4) is 20.9 Å². The van der Waals surface area contributed by atoms with Gasteiger partial charge in [0.2, 0.25) is 0 Å². The van der Waals surface area contributed by atoms with Crippen molar-refractivity contribution in [1.82, 2.24) is 0 Å². The fraction of sp³-hybridized carbons (Fsp3) is 0.351. The average molecular weight is 1190 g/mol. The number of carbonyl (C=O) groups is 2. The third-order valence-electron chi connectivity index (χ3n) is 18.3. The van der Waals surface area contributed by atoms with Crippen molar-refractivity contribution in [3.05, 3.63) is 198 Å². The van der Waals surface area contributed by atoms with E-state index < -0.39 is 10.8 Å². The van der Waals surface area contributed by atoms with Crippen molar-refractivity contribution in [1.29, 1.82) is 0 Å². The summed E-state index contributed by atoms with van der Waals surface area (Å²) >= 11 is 11.0. The summed E-state index contributed by atoms with van der Waals surface area (Å²) in [5.41, 5.74) is 17.8. The fourth-order valence-electron chi connectivity index (χ4n) is 14.1. The first-order valence-corrected chi connectivity index (χ1v) is 35.7. The van der Waals surface area contributed by atoms with Crippen molar-refractivity contribution in [2.45, 2.75) is 167 Å². The zero-order valence-corrected chi connectivity index (χ0v) is 53.0. The molecule has 2 nitrogen and oxygen atoms in total. The minimum Gasteiger partial charge on any atom is -0.297 e. The SMILES string of the molecule is CCCCCCc1ccc(C2(c3ccc(CCCCCC)cc3)c3cc4c(cc3-c3sc5c(sc6cc(C=O)sc65)c32)C(c2ccc(CCCCCC)cc2)(c2ccc(CCCCCC)cc2)c2c-4sc3c2sc2cc(C=O)sc23)cc1. The molecular formula is C74H74O2S6. The highest BCUT2D eigenvalue weighted by Gasteiger charge is 2.54. The van der Waals surface area contributed by atoms with E-state index in [1.165, 1.54) is 228 Å². The van der Waals surface area contributed by atoms with Crippen LogP contribution in [0.2, 0.25) is 0 Å². The number of hydrogen-bond acceptors (Lipinski definition) is 8. The standard InChI is InChI=1S/C74H74O2S6/c1-5-9-13-17-21-47-25-33-51(34-26-47)73(52-35-27-48(28-36-52)22-18-14-10-6-2)59-43-58-60(44-57(59)65-63(73)69-71(81-65)67-61(79-69)41-55(45-75)77-67)74(53-37-29-49(30-38-53)23-19-15-11-7-3,54-39-31-50(32-40-54)24-20-16-12-8-4)64-66(58)82-72-68-62(80-70(64)72)42-56(46-76)78-68/h25-46H,5-24H2,1-4H3. The molecule has 8 heteroatoms. The van der Waals surface area contributed by atoms with Gasteiger partial charge in [-0.15, -0.1) is 68.0 Å². The molecule has 0 unspecified atom stereocenters. The Kier molecular flexibility index (Phi) is 16.3. The molecule has 5 aromatic carbocycles. The highest BCUT2D eigenvalue weighted by molar-refractivity contribution is 7.41. The molecular weight excluding hydrogens is 1110 g/mol. The summed E-state index contributed by atoms with van der Waals surface area (Å²) in [6.45, 7) is 9.19. The van der Waals surface area contributed by atoms with E-state index in [4.69, 9.17) is 0 Å².